The summed E-state index contributed by atoms with van der Waals surface area (Å²) in [7, 11) is 1.68. The summed E-state index contributed by atoms with van der Waals surface area (Å²) in [6.07, 6.45) is 4.35. The Bertz CT molecular complexity index is 537. The molecule has 0 bridgehead atoms. The van der Waals surface area contributed by atoms with Gasteiger partial charge in [0.1, 0.15) is 5.75 Å². The molecular weight excluding hydrogens is 449 g/mol. The van der Waals surface area contributed by atoms with Crippen molar-refractivity contribution in [2.45, 2.75) is 31.1 Å². The number of benzene rings is 1. The molecule has 1 aliphatic heterocycles. The highest BCUT2D eigenvalue weighted by Gasteiger charge is 2.31. The molecule has 1 aromatic carbocycles. The molecule has 0 unspecified atom stereocenters. The minimum atomic E-state index is 0. The lowest BCUT2D eigenvalue weighted by atomic mass is 9.99. The highest BCUT2D eigenvalue weighted by molar-refractivity contribution is 14.0. The van der Waals surface area contributed by atoms with Crippen molar-refractivity contribution in [2.75, 3.05) is 39.7 Å². The van der Waals surface area contributed by atoms with Crippen LogP contribution in [0.5, 0.6) is 5.75 Å². The average molecular weight is 479 g/mol. The number of nitrogens with one attached hydrogen (secondary N) is 2. The lowest BCUT2D eigenvalue weighted by molar-refractivity contribution is 0.0783. The highest BCUT2D eigenvalue weighted by atomic mass is 127. The SMILES string of the molecule is CCNC(=NCc1cccc(OC)c1)NCC1(SC)CCOCC1.I. The van der Waals surface area contributed by atoms with Crippen LogP contribution in [0.1, 0.15) is 25.3 Å². The van der Waals surface area contributed by atoms with E-state index in [-0.39, 0.29) is 28.7 Å². The first-order valence-electron chi connectivity index (χ1n) is 8.49. The Morgan fingerprint density at radius 1 is 1.32 bits per heavy atom. The number of aliphatic imine (C=N–C) groups is 1. The molecule has 7 heteroatoms. The third kappa shape index (κ3) is 7.22. The van der Waals surface area contributed by atoms with Gasteiger partial charge in [0.15, 0.2) is 5.96 Å². The smallest absolute Gasteiger partial charge is 0.191 e. The van der Waals surface area contributed by atoms with Gasteiger partial charge in [-0.15, -0.1) is 24.0 Å². The normalized spacial score (nSPS) is 16.7. The summed E-state index contributed by atoms with van der Waals surface area (Å²) in [5, 5.41) is 6.84. The van der Waals surface area contributed by atoms with E-state index in [0.717, 1.165) is 56.4 Å². The van der Waals surface area contributed by atoms with Crippen LogP contribution in [0.15, 0.2) is 29.3 Å². The largest absolute Gasteiger partial charge is 0.497 e. The first-order chi connectivity index (χ1) is 11.7. The van der Waals surface area contributed by atoms with Gasteiger partial charge in [0, 0.05) is 31.1 Å². The van der Waals surface area contributed by atoms with Crippen molar-refractivity contribution in [2.24, 2.45) is 4.99 Å². The summed E-state index contributed by atoms with van der Waals surface area (Å²) in [4.78, 5) is 4.71. The molecule has 0 spiro atoms. The Labute approximate surface area is 172 Å². The molecule has 5 nitrogen and oxygen atoms in total. The van der Waals surface area contributed by atoms with Crippen molar-refractivity contribution in [3.05, 3.63) is 29.8 Å². The Balaban J connectivity index is 0.00000312. The summed E-state index contributed by atoms with van der Waals surface area (Å²) >= 11 is 1.93. The average Bonchev–Trinajstić information content (AvgIpc) is 2.65. The van der Waals surface area contributed by atoms with Crippen LogP contribution < -0.4 is 15.4 Å². The second-order valence-corrected chi connectivity index (χ2v) is 7.17. The van der Waals surface area contributed by atoms with Crippen LogP contribution in [0.3, 0.4) is 0 Å². The zero-order valence-corrected chi connectivity index (χ0v) is 18.5. The van der Waals surface area contributed by atoms with Gasteiger partial charge in [0.05, 0.1) is 13.7 Å². The third-order valence-corrected chi connectivity index (χ3v) is 5.73. The minimum Gasteiger partial charge on any atom is -0.497 e. The molecule has 2 N–H and O–H groups in total. The number of thioether (sulfide) groups is 1. The van der Waals surface area contributed by atoms with Crippen LogP contribution in [0, 0.1) is 0 Å². The maximum Gasteiger partial charge on any atom is 0.191 e. The van der Waals surface area contributed by atoms with Crippen molar-refractivity contribution in [1.29, 1.82) is 0 Å². The summed E-state index contributed by atoms with van der Waals surface area (Å²) in [6.45, 7) is 6.16. The molecule has 25 heavy (non-hydrogen) atoms. The van der Waals surface area contributed by atoms with Crippen molar-refractivity contribution in [3.8, 4) is 5.75 Å². The molecule has 0 aromatic heterocycles. The monoisotopic (exact) mass is 479 g/mol. The second kappa shape index (κ2) is 11.9. The van der Waals surface area contributed by atoms with Crippen molar-refractivity contribution < 1.29 is 9.47 Å². The van der Waals surface area contributed by atoms with Gasteiger partial charge in [0.2, 0.25) is 0 Å². The molecule has 0 saturated carbocycles. The first-order valence-corrected chi connectivity index (χ1v) is 9.72. The number of ether oxygens (including phenoxy) is 2. The second-order valence-electron chi connectivity index (χ2n) is 5.90. The van der Waals surface area contributed by atoms with Crippen LogP contribution in [0.25, 0.3) is 0 Å². The molecule has 2 rings (SSSR count). The van der Waals surface area contributed by atoms with Crippen LogP contribution >= 0.6 is 35.7 Å². The van der Waals surface area contributed by atoms with Gasteiger partial charge in [-0.25, -0.2) is 4.99 Å². The van der Waals surface area contributed by atoms with Crippen LogP contribution in [-0.4, -0.2) is 50.4 Å². The molecule has 142 valence electrons. The van der Waals surface area contributed by atoms with Crippen molar-refractivity contribution in [3.63, 3.8) is 0 Å². The standard InChI is InChI=1S/C18H29N3O2S.HI/c1-4-19-17(20-13-15-6-5-7-16(12-15)22-2)21-14-18(24-3)8-10-23-11-9-18;/h5-7,12H,4,8-11,13-14H2,1-3H3,(H2,19,20,21);1H. The number of halogens is 1. The van der Waals surface area contributed by atoms with E-state index in [1.807, 2.05) is 30.0 Å². The predicted octanol–water partition coefficient (Wildman–Crippen LogP) is 3.28. The Morgan fingerprint density at radius 2 is 2.08 bits per heavy atom. The van der Waals surface area contributed by atoms with Crippen molar-refractivity contribution in [1.82, 2.24) is 10.6 Å². The summed E-state index contributed by atoms with van der Waals surface area (Å²) in [5.41, 5.74) is 1.14. The highest BCUT2D eigenvalue weighted by Crippen LogP contribution is 2.32. The molecule has 1 aromatic rings. The fourth-order valence-corrected chi connectivity index (χ4v) is 3.52. The van der Waals surface area contributed by atoms with E-state index >= 15 is 0 Å². The molecule has 0 amide bonds. The molecule has 1 heterocycles. The molecule has 0 aliphatic carbocycles. The zero-order valence-electron chi connectivity index (χ0n) is 15.3. The molecular formula is C18H30IN3O2S. The van der Waals surface area contributed by atoms with Gasteiger partial charge < -0.3 is 20.1 Å². The molecule has 1 saturated heterocycles. The maximum absolute atomic E-state index is 5.51. The van der Waals surface area contributed by atoms with Gasteiger partial charge in [-0.05, 0) is 43.7 Å². The topological polar surface area (TPSA) is 54.9 Å². The number of guanidine groups is 1. The number of rotatable bonds is 7. The quantitative estimate of drug-likeness (QED) is 0.357. The molecule has 1 aliphatic rings. The van der Waals surface area contributed by atoms with E-state index in [0.29, 0.717) is 6.54 Å². The number of methoxy groups -OCH3 is 1. The van der Waals surface area contributed by atoms with Crippen LogP contribution in [0.4, 0.5) is 0 Å². The van der Waals surface area contributed by atoms with Crippen molar-refractivity contribution >= 4 is 41.7 Å². The van der Waals surface area contributed by atoms with Gasteiger partial charge in [-0.2, -0.15) is 11.8 Å². The lowest BCUT2D eigenvalue weighted by Gasteiger charge is -2.36. The van der Waals surface area contributed by atoms with E-state index in [2.05, 4.69) is 29.9 Å². The third-order valence-electron chi connectivity index (χ3n) is 4.31. The van der Waals surface area contributed by atoms with Gasteiger partial charge in [-0.3, -0.25) is 0 Å². The van der Waals surface area contributed by atoms with E-state index in [4.69, 9.17) is 14.5 Å². The van der Waals surface area contributed by atoms with Crippen LogP contribution in [-0.2, 0) is 11.3 Å². The minimum absolute atomic E-state index is 0. The summed E-state index contributed by atoms with van der Waals surface area (Å²) in [5.74, 6) is 1.73. The van der Waals surface area contributed by atoms with E-state index in [9.17, 15) is 0 Å². The number of nitrogens with zero attached hydrogens (tertiary/aromatic N) is 1. The lowest BCUT2D eigenvalue weighted by Crippen LogP contribution is -2.47. The Kier molecular flexibility index (Phi) is 10.6. The van der Waals surface area contributed by atoms with Gasteiger partial charge in [0.25, 0.3) is 0 Å². The fraction of sp³-hybridized carbons (Fsp3) is 0.611. The first kappa shape index (κ1) is 22.4. The molecule has 1 fully saturated rings. The zero-order chi connectivity index (χ0) is 17.3. The van der Waals surface area contributed by atoms with E-state index in [1.165, 1.54) is 0 Å². The van der Waals surface area contributed by atoms with E-state index < -0.39 is 0 Å². The molecule has 0 radical (unpaired) electrons. The van der Waals surface area contributed by atoms with Gasteiger partial charge >= 0.3 is 0 Å². The van der Waals surface area contributed by atoms with E-state index in [1.54, 1.807) is 7.11 Å². The van der Waals surface area contributed by atoms with Crippen LogP contribution in [0.2, 0.25) is 0 Å². The van der Waals surface area contributed by atoms with Gasteiger partial charge in [-0.1, -0.05) is 12.1 Å². The number of hydrogen-bond donors (Lipinski definition) is 2. The fourth-order valence-electron chi connectivity index (χ4n) is 2.72. The summed E-state index contributed by atoms with van der Waals surface area (Å²) < 4.78 is 11.0. The molecule has 0 atom stereocenters. The maximum atomic E-state index is 5.51. The summed E-state index contributed by atoms with van der Waals surface area (Å²) in [6, 6.07) is 8.03. The Morgan fingerprint density at radius 3 is 2.72 bits per heavy atom. The predicted molar refractivity (Wildman–Crippen MR) is 118 cm³/mol. The number of hydrogen-bond acceptors (Lipinski definition) is 4. The Hall–Kier alpha value is -0.670.